The smallest absolute Gasteiger partial charge is 0.501 e. The van der Waals surface area contributed by atoms with E-state index in [0.29, 0.717) is 46.2 Å². The van der Waals surface area contributed by atoms with Crippen molar-refractivity contribution in [2.24, 2.45) is 5.41 Å². The molecule has 0 bridgehead atoms. The molecule has 4 heterocycles. The van der Waals surface area contributed by atoms with Crippen LogP contribution >= 0.6 is 0 Å². The van der Waals surface area contributed by atoms with Gasteiger partial charge in [-0.1, -0.05) is 138 Å². The van der Waals surface area contributed by atoms with Gasteiger partial charge in [-0.2, -0.15) is 5.26 Å². The summed E-state index contributed by atoms with van der Waals surface area (Å²) in [5, 5.41) is 11.1. The number of benzene rings is 6. The minimum atomic E-state index is -2.65. The number of hydrogen-bond acceptors (Lipinski definition) is 5. The minimum Gasteiger partial charge on any atom is -0.501 e. The van der Waals surface area contributed by atoms with Crippen LogP contribution in [-0.4, -0.2) is 15.0 Å². The number of aryl methyl sites for hydroxylation is 2. The van der Waals surface area contributed by atoms with Crippen molar-refractivity contribution in [3.05, 3.63) is 233 Å². The Kier molecular flexibility index (Phi) is 12.8. The van der Waals surface area contributed by atoms with Crippen LogP contribution in [0.4, 0.5) is 0 Å². The zero-order valence-electron chi connectivity index (χ0n) is 47.2. The Labute approximate surface area is 451 Å². The van der Waals surface area contributed by atoms with Crippen molar-refractivity contribution in [1.29, 1.82) is 5.26 Å². The van der Waals surface area contributed by atoms with Gasteiger partial charge in [0.05, 0.1) is 18.6 Å². The minimum absolute atomic E-state index is 0. The van der Waals surface area contributed by atoms with E-state index >= 15 is 0 Å². The second-order valence-electron chi connectivity index (χ2n) is 21.3. The summed E-state index contributed by atoms with van der Waals surface area (Å²) < 4.78 is 55.5. The number of rotatable bonds is 14. The van der Waals surface area contributed by atoms with Gasteiger partial charge in [0, 0.05) is 29.5 Å². The van der Waals surface area contributed by atoms with E-state index in [0.717, 1.165) is 62.1 Å². The van der Waals surface area contributed by atoms with Gasteiger partial charge in [0.25, 0.3) is 0 Å². The number of nitriles is 1. The monoisotopic (exact) mass is 1130 g/mol. The van der Waals surface area contributed by atoms with E-state index in [1.807, 2.05) is 103 Å². The van der Waals surface area contributed by atoms with E-state index in [2.05, 4.69) is 103 Å². The number of aromatic nitrogens is 3. The van der Waals surface area contributed by atoms with Gasteiger partial charge in [-0.15, -0.1) is 90.0 Å². The third-order valence-corrected chi connectivity index (χ3v) is 13.4. The zero-order valence-corrected chi connectivity index (χ0v) is 44.6. The van der Waals surface area contributed by atoms with E-state index in [-0.39, 0.29) is 53.8 Å². The fourth-order valence-electron chi connectivity index (χ4n) is 9.69. The fourth-order valence-corrected chi connectivity index (χ4v) is 9.69. The first kappa shape index (κ1) is 44.4. The van der Waals surface area contributed by atoms with Crippen molar-refractivity contribution in [1.82, 2.24) is 15.0 Å². The molecule has 0 aliphatic rings. The largest absolute Gasteiger partial charge is 3.00 e. The molecule has 0 aliphatic carbocycles. The van der Waals surface area contributed by atoms with E-state index in [1.165, 1.54) is 6.20 Å². The average molecular weight is 1130 g/mol. The molecule has 6 aromatic carbocycles. The Balaban J connectivity index is 0.00000740. The van der Waals surface area contributed by atoms with Gasteiger partial charge in [-0.05, 0) is 128 Å². The molecule has 73 heavy (non-hydrogen) atoms. The van der Waals surface area contributed by atoms with Gasteiger partial charge in [0.15, 0.2) is 0 Å². The summed E-state index contributed by atoms with van der Waals surface area (Å²) in [5.74, 6) is 0. The molecule has 6 heteroatoms. The second kappa shape index (κ2) is 21.0. The molecule has 5 nitrogen and oxygen atoms in total. The van der Waals surface area contributed by atoms with Gasteiger partial charge >= 0.3 is 20.1 Å². The summed E-state index contributed by atoms with van der Waals surface area (Å²) >= 11 is 0. The number of nitrogens with zero attached hydrogens (tertiary/aromatic N) is 4. The fraction of sp³-hybridized carbons (Fsp3) is 0.224. The van der Waals surface area contributed by atoms with E-state index in [9.17, 15) is 10.7 Å². The predicted octanol–water partition coefficient (Wildman–Crippen LogP) is 16.1. The van der Waals surface area contributed by atoms with Crippen LogP contribution in [0.5, 0.6) is 0 Å². The Morgan fingerprint density at radius 1 is 0.575 bits per heavy atom. The summed E-state index contributed by atoms with van der Waals surface area (Å²) in [6.07, 6.45) is 1.87. The molecule has 0 amide bonds. The third kappa shape index (κ3) is 11.5. The third-order valence-electron chi connectivity index (χ3n) is 13.4. The van der Waals surface area contributed by atoms with Gasteiger partial charge in [-0.25, -0.2) is 0 Å². The number of hydrogen-bond donors (Lipinski definition) is 0. The number of pyridine rings is 3. The zero-order chi connectivity index (χ0) is 54.5. The predicted molar refractivity (Wildman–Crippen MR) is 293 cm³/mol. The van der Waals surface area contributed by atoms with Gasteiger partial charge in [0.1, 0.15) is 5.58 Å². The molecular formula is C67H59IrN4O. The molecule has 10 aromatic rings. The van der Waals surface area contributed by atoms with E-state index in [1.54, 1.807) is 24.3 Å². The quantitative estimate of drug-likeness (QED) is 0.101. The van der Waals surface area contributed by atoms with E-state index < -0.39 is 23.6 Å². The summed E-state index contributed by atoms with van der Waals surface area (Å²) in [5.41, 5.74) is 10.7. The molecule has 4 aromatic heterocycles. The molecule has 0 fully saturated rings. The molecule has 0 N–H and O–H groups in total. The van der Waals surface area contributed by atoms with Gasteiger partial charge in [0.2, 0.25) is 0 Å². The van der Waals surface area contributed by atoms with Crippen molar-refractivity contribution in [3.63, 3.8) is 0 Å². The van der Waals surface area contributed by atoms with Crippen molar-refractivity contribution in [2.75, 3.05) is 0 Å². The summed E-state index contributed by atoms with van der Waals surface area (Å²) in [6.45, 7) is 15.2. The van der Waals surface area contributed by atoms with Crippen molar-refractivity contribution < 1.29 is 31.4 Å². The van der Waals surface area contributed by atoms with Crippen LogP contribution in [0.1, 0.15) is 99.8 Å². The Morgan fingerprint density at radius 3 is 1.73 bits per heavy atom. The first-order chi connectivity index (χ1) is 36.6. The molecule has 362 valence electrons. The Bertz CT molecular complexity index is 3710. The second-order valence-corrected chi connectivity index (χ2v) is 21.3. The van der Waals surface area contributed by atoms with E-state index in [4.69, 9.17) is 20.7 Å². The molecule has 0 saturated carbocycles. The summed E-state index contributed by atoms with van der Waals surface area (Å²) in [7, 11) is 0. The van der Waals surface area contributed by atoms with Crippen LogP contribution in [0.2, 0.25) is 0 Å². The topological polar surface area (TPSA) is 75.6 Å². The van der Waals surface area contributed by atoms with Crippen LogP contribution in [-0.2, 0) is 62.9 Å². The summed E-state index contributed by atoms with van der Waals surface area (Å²) in [6, 6.07) is 58.3. The van der Waals surface area contributed by atoms with Crippen LogP contribution in [0.25, 0.3) is 66.8 Å². The van der Waals surface area contributed by atoms with Crippen molar-refractivity contribution in [2.45, 2.75) is 91.3 Å². The standard InChI is InChI=1S/C67H59N4O.Ir/c1-65(2,3)38-45-21-25-50(26-22-45)59-37-62(58-20-14-19-57-56-30-24-47(41-68)36-63(56)72-64(57)58)69-42-53(59)27-23-46-33-48(39-66(4,5)54-28-31-60(70-43-54)51-15-10-8-11-16-51)35-49(34-46)40-67(6,7)55-29-32-61(71-44-55)52-17-12-9-13-18-52;/h8-15,17,19,21-22,24-26,28-37,42-44H,23,27,38-40H2,1-7H3;/q-3;+3/i23D2,27D2,36D;. The number of furan rings is 1. The molecule has 0 saturated heterocycles. The molecule has 0 aliphatic heterocycles. The molecule has 0 radical (unpaired) electrons. The molecule has 10 rings (SSSR count). The van der Waals surface area contributed by atoms with Gasteiger partial charge < -0.3 is 19.4 Å². The molecule has 0 spiro atoms. The first-order valence-corrected chi connectivity index (χ1v) is 24.5. The normalized spacial score (nSPS) is 13.3. The molecule has 0 unspecified atom stereocenters. The Morgan fingerprint density at radius 2 is 1.18 bits per heavy atom. The Hall–Kier alpha value is -7.29. The number of fused-ring (bicyclic) bond motifs is 3. The maximum atomic E-state index is 10.1. The molecule has 0 atom stereocenters. The average Bonchev–Trinajstić information content (AvgIpc) is 3.89. The van der Waals surface area contributed by atoms with Crippen molar-refractivity contribution in [3.8, 4) is 51.0 Å². The van der Waals surface area contributed by atoms with Gasteiger partial charge in [-0.3, -0.25) is 0 Å². The van der Waals surface area contributed by atoms with Crippen LogP contribution in [0, 0.1) is 34.9 Å². The van der Waals surface area contributed by atoms with Crippen LogP contribution < -0.4 is 0 Å². The van der Waals surface area contributed by atoms with Crippen molar-refractivity contribution >= 4 is 21.9 Å². The maximum absolute atomic E-state index is 10.1. The first-order valence-electron chi connectivity index (χ1n) is 27.0. The summed E-state index contributed by atoms with van der Waals surface area (Å²) in [4.78, 5) is 14.6. The molecular weight excluding hydrogens is 1070 g/mol. The SMILES string of the molecule is [2H]c1c(C#N)ccc2c1oc1c(-c3cc(-c4ccc(CC(C)(C)C)cc4)c(C([2H])([2H])C([2H])([2H])c4cc(CC(C)(C)c5ccc(-c6[c-]cccc6)nc5)cc(CC(C)(C)c5ccc(-c6[c-]cccc6)nc5)c4)cn3)[c-]ccc12.[Ir+3]. The maximum Gasteiger partial charge on any atom is 3.00 e. The van der Waals surface area contributed by atoms with Crippen LogP contribution in [0.15, 0.2) is 175 Å². The van der Waals surface area contributed by atoms with Crippen LogP contribution in [0.3, 0.4) is 0 Å².